The third-order valence-corrected chi connectivity index (χ3v) is 5.31. The van der Waals surface area contributed by atoms with E-state index in [9.17, 15) is 8.42 Å². The van der Waals surface area contributed by atoms with E-state index < -0.39 is 10.0 Å². The van der Waals surface area contributed by atoms with E-state index in [2.05, 4.69) is 4.72 Å². The van der Waals surface area contributed by atoms with Crippen LogP contribution in [0, 0.1) is 0 Å². The van der Waals surface area contributed by atoms with Gasteiger partial charge in [-0.3, -0.25) is 4.72 Å². The van der Waals surface area contributed by atoms with E-state index in [0.717, 1.165) is 12.0 Å². The molecule has 1 aromatic heterocycles. The van der Waals surface area contributed by atoms with Gasteiger partial charge in [0.25, 0.3) is 10.0 Å². The predicted molar refractivity (Wildman–Crippen MR) is 78.8 cm³/mol. The van der Waals surface area contributed by atoms with Crippen LogP contribution in [0.15, 0.2) is 40.6 Å². The van der Waals surface area contributed by atoms with Crippen molar-refractivity contribution in [1.29, 1.82) is 0 Å². The van der Waals surface area contributed by atoms with Crippen molar-refractivity contribution >= 4 is 27.0 Å². The van der Waals surface area contributed by atoms with Gasteiger partial charge in [0.05, 0.1) is 0 Å². The fourth-order valence-electron chi connectivity index (χ4n) is 1.78. The van der Waals surface area contributed by atoms with Crippen LogP contribution in [0.2, 0.25) is 0 Å². The number of aryl methyl sites for hydroxylation is 1. The first-order chi connectivity index (χ1) is 9.06. The zero-order chi connectivity index (χ0) is 13.9. The van der Waals surface area contributed by atoms with Crippen LogP contribution in [-0.2, 0) is 23.0 Å². The van der Waals surface area contributed by atoms with E-state index in [1.807, 2.05) is 25.1 Å². The zero-order valence-corrected chi connectivity index (χ0v) is 12.2. The molecule has 0 amide bonds. The van der Waals surface area contributed by atoms with Crippen molar-refractivity contribution in [3.8, 4) is 0 Å². The lowest BCUT2D eigenvalue weighted by atomic mass is 10.1. The molecule has 0 bridgehead atoms. The maximum Gasteiger partial charge on any atom is 0.263 e. The molecule has 1 aromatic carbocycles. The first-order valence-corrected chi connectivity index (χ1v) is 8.31. The summed E-state index contributed by atoms with van der Waals surface area (Å²) in [5.74, 6) is 0. The molecule has 6 heteroatoms. The quantitative estimate of drug-likeness (QED) is 0.890. The summed E-state index contributed by atoms with van der Waals surface area (Å²) in [6.45, 7) is 2.25. The highest BCUT2D eigenvalue weighted by Crippen LogP contribution is 2.24. The monoisotopic (exact) mass is 296 g/mol. The summed E-state index contributed by atoms with van der Waals surface area (Å²) in [7, 11) is -3.56. The summed E-state index contributed by atoms with van der Waals surface area (Å²) in [4.78, 5) is 0.932. The van der Waals surface area contributed by atoms with Gasteiger partial charge in [-0.2, -0.15) is 0 Å². The molecular weight excluding hydrogens is 280 g/mol. The van der Waals surface area contributed by atoms with Crippen LogP contribution >= 0.6 is 11.3 Å². The summed E-state index contributed by atoms with van der Waals surface area (Å²) >= 11 is 1.35. The van der Waals surface area contributed by atoms with Crippen LogP contribution in [0.1, 0.15) is 17.4 Å². The number of anilines is 1. The fourth-order valence-corrected chi connectivity index (χ4v) is 4.17. The number of sulfonamides is 1. The number of rotatable bonds is 5. The Bertz CT molecular complexity index is 663. The molecule has 0 aliphatic carbocycles. The molecule has 0 saturated carbocycles. The minimum atomic E-state index is -3.56. The first-order valence-electron chi connectivity index (χ1n) is 5.95. The lowest BCUT2D eigenvalue weighted by Gasteiger charge is -2.09. The van der Waals surface area contributed by atoms with Gasteiger partial charge in [0.1, 0.15) is 4.90 Å². The van der Waals surface area contributed by atoms with Crippen molar-refractivity contribution in [2.45, 2.75) is 24.8 Å². The normalized spacial score (nSPS) is 11.5. The summed E-state index contributed by atoms with van der Waals surface area (Å²) in [5.41, 5.74) is 7.21. The van der Waals surface area contributed by atoms with E-state index in [4.69, 9.17) is 5.73 Å². The molecule has 0 unspecified atom stereocenters. The molecule has 102 valence electrons. The number of hydrogen-bond donors (Lipinski definition) is 2. The second-order valence-electron chi connectivity index (χ2n) is 4.07. The maximum atomic E-state index is 12.3. The van der Waals surface area contributed by atoms with Crippen molar-refractivity contribution in [3.05, 3.63) is 46.2 Å². The van der Waals surface area contributed by atoms with Gasteiger partial charge in [0.2, 0.25) is 0 Å². The summed E-state index contributed by atoms with van der Waals surface area (Å²) in [5, 5.41) is 1.74. The molecular formula is C13H16N2O2S2. The molecule has 2 aromatic rings. The number of nitrogens with two attached hydrogens (primary N) is 1. The largest absolute Gasteiger partial charge is 0.326 e. The molecule has 4 nitrogen and oxygen atoms in total. The molecule has 0 atom stereocenters. The lowest BCUT2D eigenvalue weighted by Crippen LogP contribution is -2.14. The van der Waals surface area contributed by atoms with Crippen LogP contribution in [0.3, 0.4) is 0 Å². The van der Waals surface area contributed by atoms with Gasteiger partial charge in [-0.15, -0.1) is 11.3 Å². The fraction of sp³-hybridized carbons (Fsp3) is 0.231. The van der Waals surface area contributed by atoms with Crippen molar-refractivity contribution in [1.82, 2.24) is 0 Å². The number of hydrogen-bond acceptors (Lipinski definition) is 4. The Morgan fingerprint density at radius 2 is 2.11 bits per heavy atom. The molecule has 0 fully saturated rings. The van der Waals surface area contributed by atoms with Crippen molar-refractivity contribution < 1.29 is 8.42 Å². The Morgan fingerprint density at radius 1 is 1.32 bits per heavy atom. The van der Waals surface area contributed by atoms with Gasteiger partial charge < -0.3 is 5.73 Å². The van der Waals surface area contributed by atoms with E-state index in [1.54, 1.807) is 17.5 Å². The third-order valence-electron chi connectivity index (χ3n) is 2.77. The van der Waals surface area contributed by atoms with Gasteiger partial charge in [0, 0.05) is 17.1 Å². The highest BCUT2D eigenvalue weighted by atomic mass is 32.2. The minimum Gasteiger partial charge on any atom is -0.326 e. The van der Waals surface area contributed by atoms with Crippen LogP contribution in [-0.4, -0.2) is 8.42 Å². The van der Waals surface area contributed by atoms with Crippen molar-refractivity contribution in [2.75, 3.05) is 4.72 Å². The van der Waals surface area contributed by atoms with Gasteiger partial charge in [-0.05, 0) is 35.6 Å². The molecule has 3 N–H and O–H groups in total. The van der Waals surface area contributed by atoms with Crippen LogP contribution in [0.25, 0.3) is 0 Å². The van der Waals surface area contributed by atoms with Crippen LogP contribution in [0.5, 0.6) is 0 Å². The second-order valence-corrected chi connectivity index (χ2v) is 6.72. The van der Waals surface area contributed by atoms with Crippen molar-refractivity contribution in [2.24, 2.45) is 5.73 Å². The van der Waals surface area contributed by atoms with Gasteiger partial charge in [-0.1, -0.05) is 19.1 Å². The van der Waals surface area contributed by atoms with E-state index in [-0.39, 0.29) is 11.4 Å². The van der Waals surface area contributed by atoms with E-state index in [1.165, 1.54) is 11.3 Å². The molecule has 0 aliphatic heterocycles. The lowest BCUT2D eigenvalue weighted by molar-refractivity contribution is 0.600. The van der Waals surface area contributed by atoms with Gasteiger partial charge in [0.15, 0.2) is 0 Å². The molecule has 1 heterocycles. The van der Waals surface area contributed by atoms with E-state index >= 15 is 0 Å². The van der Waals surface area contributed by atoms with Crippen LogP contribution < -0.4 is 10.5 Å². The smallest absolute Gasteiger partial charge is 0.263 e. The number of benzene rings is 1. The molecule has 0 saturated heterocycles. The zero-order valence-electron chi connectivity index (χ0n) is 10.6. The standard InChI is InChI=1S/C13H16N2O2S2/c1-2-10-4-3-5-11(8-10)15-19(16,17)13-6-7-18-12(13)9-14/h3-8,15H,2,9,14H2,1H3. The van der Waals surface area contributed by atoms with E-state index in [0.29, 0.717) is 10.6 Å². The van der Waals surface area contributed by atoms with Gasteiger partial charge in [-0.25, -0.2) is 8.42 Å². The Hall–Kier alpha value is -1.37. The minimum absolute atomic E-state index is 0.225. The average Bonchev–Trinajstić information content (AvgIpc) is 2.87. The summed E-state index contributed by atoms with van der Waals surface area (Å²) in [6, 6.07) is 8.97. The Morgan fingerprint density at radius 3 is 2.79 bits per heavy atom. The Balaban J connectivity index is 2.31. The highest BCUT2D eigenvalue weighted by Gasteiger charge is 2.19. The molecule has 0 radical (unpaired) electrons. The second kappa shape index (κ2) is 5.73. The molecule has 0 aliphatic rings. The van der Waals surface area contributed by atoms with Gasteiger partial charge >= 0.3 is 0 Å². The topological polar surface area (TPSA) is 72.2 Å². The molecule has 2 rings (SSSR count). The average molecular weight is 296 g/mol. The number of thiophene rings is 1. The van der Waals surface area contributed by atoms with Crippen LogP contribution in [0.4, 0.5) is 5.69 Å². The predicted octanol–water partition coefficient (Wildman–Crippen LogP) is 2.57. The number of nitrogens with one attached hydrogen (secondary N) is 1. The SMILES string of the molecule is CCc1cccc(NS(=O)(=O)c2ccsc2CN)c1. The summed E-state index contributed by atoms with van der Waals surface area (Å²) < 4.78 is 27.2. The molecule has 0 spiro atoms. The Kier molecular flexibility index (Phi) is 4.24. The third kappa shape index (κ3) is 3.15. The summed E-state index contributed by atoms with van der Waals surface area (Å²) in [6.07, 6.45) is 0.863. The van der Waals surface area contributed by atoms with Crippen molar-refractivity contribution in [3.63, 3.8) is 0 Å². The first kappa shape index (κ1) is 14.0. The maximum absolute atomic E-state index is 12.3. The Labute approximate surface area is 117 Å². The highest BCUT2D eigenvalue weighted by molar-refractivity contribution is 7.93. The molecule has 19 heavy (non-hydrogen) atoms.